The van der Waals surface area contributed by atoms with E-state index in [1.165, 1.54) is 17.0 Å². The molecule has 7 nitrogen and oxygen atoms in total. The largest absolute Gasteiger partial charge is 0.481 e. The van der Waals surface area contributed by atoms with Crippen LogP contribution in [0.25, 0.3) is 0 Å². The summed E-state index contributed by atoms with van der Waals surface area (Å²) in [4.78, 5) is 11.8. The van der Waals surface area contributed by atoms with Gasteiger partial charge in [0.25, 0.3) is 0 Å². The van der Waals surface area contributed by atoms with E-state index < -0.39 is 25.6 Å². The molecule has 0 aliphatic heterocycles. The van der Waals surface area contributed by atoms with Crippen LogP contribution >= 0.6 is 0 Å². The molecule has 0 atom stereocenters. The van der Waals surface area contributed by atoms with Gasteiger partial charge in [-0.15, -0.1) is 0 Å². The summed E-state index contributed by atoms with van der Waals surface area (Å²) >= 11 is 0. The third kappa shape index (κ3) is 4.71. The van der Waals surface area contributed by atoms with Crippen molar-refractivity contribution >= 4 is 31.3 Å². The molecule has 1 aromatic rings. The van der Waals surface area contributed by atoms with Gasteiger partial charge in [-0.3, -0.25) is 4.79 Å². The zero-order valence-electron chi connectivity index (χ0n) is 11.9. The SMILES string of the molecule is CN(CCC(=O)O)c1ccc(S(C)(=O)=O)cc1S(C)(=O)=O. The summed E-state index contributed by atoms with van der Waals surface area (Å²) in [6.07, 6.45) is 1.80. The molecule has 1 rings (SSSR count). The van der Waals surface area contributed by atoms with Crippen LogP contribution in [0.3, 0.4) is 0 Å². The van der Waals surface area contributed by atoms with Crippen molar-refractivity contribution < 1.29 is 26.7 Å². The predicted octanol–water partition coefficient (Wildman–Crippen LogP) is 0.405. The van der Waals surface area contributed by atoms with Crippen molar-refractivity contribution in [3.63, 3.8) is 0 Å². The number of nitrogens with zero attached hydrogens (tertiary/aromatic N) is 1. The van der Waals surface area contributed by atoms with Gasteiger partial charge in [0.05, 0.1) is 21.9 Å². The Kier molecular flexibility index (Phi) is 5.00. The first-order chi connectivity index (χ1) is 9.43. The van der Waals surface area contributed by atoms with E-state index >= 15 is 0 Å². The number of anilines is 1. The number of benzene rings is 1. The van der Waals surface area contributed by atoms with E-state index in [2.05, 4.69) is 0 Å². The number of sulfone groups is 2. The van der Waals surface area contributed by atoms with E-state index in [1.807, 2.05) is 0 Å². The fourth-order valence-electron chi connectivity index (χ4n) is 1.72. The van der Waals surface area contributed by atoms with Gasteiger partial charge in [-0.2, -0.15) is 0 Å². The van der Waals surface area contributed by atoms with E-state index in [1.54, 1.807) is 7.05 Å². The monoisotopic (exact) mass is 335 g/mol. The lowest BCUT2D eigenvalue weighted by molar-refractivity contribution is -0.136. The lowest BCUT2D eigenvalue weighted by atomic mass is 10.3. The Morgan fingerprint density at radius 1 is 1.14 bits per heavy atom. The van der Waals surface area contributed by atoms with E-state index in [4.69, 9.17) is 5.11 Å². The average Bonchev–Trinajstić information content (AvgIpc) is 2.33. The smallest absolute Gasteiger partial charge is 0.305 e. The molecule has 0 amide bonds. The van der Waals surface area contributed by atoms with Crippen molar-refractivity contribution in [3.8, 4) is 0 Å². The Bertz CT molecular complexity index is 752. The third-order valence-electron chi connectivity index (χ3n) is 2.83. The van der Waals surface area contributed by atoms with E-state index in [0.29, 0.717) is 0 Å². The molecule has 0 saturated carbocycles. The quantitative estimate of drug-likeness (QED) is 0.801. The number of hydrogen-bond acceptors (Lipinski definition) is 6. The second kappa shape index (κ2) is 6.02. The van der Waals surface area contributed by atoms with Crippen LogP contribution in [0.4, 0.5) is 5.69 Å². The molecule has 0 aliphatic carbocycles. The first-order valence-electron chi connectivity index (χ1n) is 5.90. The van der Waals surface area contributed by atoms with Gasteiger partial charge in [0, 0.05) is 26.1 Å². The second-order valence-corrected chi connectivity index (χ2v) is 8.74. The van der Waals surface area contributed by atoms with Crippen molar-refractivity contribution in [2.45, 2.75) is 16.2 Å². The molecular weight excluding hydrogens is 318 g/mol. The molecule has 118 valence electrons. The lowest BCUT2D eigenvalue weighted by Gasteiger charge is -2.21. The van der Waals surface area contributed by atoms with E-state index in [-0.39, 0.29) is 28.4 Å². The van der Waals surface area contributed by atoms with Gasteiger partial charge < -0.3 is 10.0 Å². The van der Waals surface area contributed by atoms with Crippen LogP contribution in [0.1, 0.15) is 6.42 Å². The number of rotatable bonds is 6. The summed E-state index contributed by atoms with van der Waals surface area (Å²) in [5, 5.41) is 8.67. The fraction of sp³-hybridized carbons (Fsp3) is 0.417. The Labute approximate surface area is 124 Å². The summed E-state index contributed by atoms with van der Waals surface area (Å²) in [6, 6.07) is 3.77. The lowest BCUT2D eigenvalue weighted by Crippen LogP contribution is -2.23. The van der Waals surface area contributed by atoms with Gasteiger partial charge in [0.15, 0.2) is 19.7 Å². The van der Waals surface area contributed by atoms with Gasteiger partial charge in [0.2, 0.25) is 0 Å². The summed E-state index contributed by atoms with van der Waals surface area (Å²) in [5.74, 6) is -1.00. The molecule has 0 radical (unpaired) electrons. The van der Waals surface area contributed by atoms with Crippen LogP contribution in [0, 0.1) is 0 Å². The van der Waals surface area contributed by atoms with Gasteiger partial charge in [-0.05, 0) is 18.2 Å². The number of aliphatic carboxylic acids is 1. The Hall–Kier alpha value is -1.61. The second-order valence-electron chi connectivity index (χ2n) is 4.74. The standard InChI is InChI=1S/C12H17NO6S2/c1-13(7-6-12(14)15)10-5-4-9(20(2,16)17)8-11(10)21(3,18)19/h4-5,8H,6-7H2,1-3H3,(H,14,15). The van der Waals surface area contributed by atoms with Gasteiger partial charge >= 0.3 is 5.97 Å². The molecule has 0 unspecified atom stereocenters. The van der Waals surface area contributed by atoms with Crippen molar-refractivity contribution in [2.75, 3.05) is 31.0 Å². The number of carboxylic acids is 1. The molecule has 0 fully saturated rings. The van der Waals surface area contributed by atoms with E-state index in [0.717, 1.165) is 18.6 Å². The summed E-state index contributed by atoms with van der Waals surface area (Å²) in [7, 11) is -5.64. The molecule has 0 aliphatic rings. The summed E-state index contributed by atoms with van der Waals surface area (Å²) in [6.45, 7) is 0.107. The number of carboxylic acid groups (broad SMARTS) is 1. The molecule has 9 heteroatoms. The predicted molar refractivity (Wildman–Crippen MR) is 78.2 cm³/mol. The highest BCUT2D eigenvalue weighted by atomic mass is 32.2. The molecule has 0 heterocycles. The van der Waals surface area contributed by atoms with E-state index in [9.17, 15) is 21.6 Å². The maximum Gasteiger partial charge on any atom is 0.305 e. The Balaban J connectivity index is 3.36. The van der Waals surface area contributed by atoms with Crippen molar-refractivity contribution in [3.05, 3.63) is 18.2 Å². The van der Waals surface area contributed by atoms with Crippen LogP contribution < -0.4 is 4.90 Å². The summed E-state index contributed by atoms with van der Waals surface area (Å²) < 4.78 is 46.7. The molecule has 0 aromatic heterocycles. The maximum absolute atomic E-state index is 11.8. The van der Waals surface area contributed by atoms with Crippen molar-refractivity contribution in [2.24, 2.45) is 0 Å². The highest BCUT2D eigenvalue weighted by Crippen LogP contribution is 2.27. The number of carbonyl (C=O) groups is 1. The topological polar surface area (TPSA) is 109 Å². The Morgan fingerprint density at radius 2 is 1.71 bits per heavy atom. The first kappa shape index (κ1) is 17.4. The van der Waals surface area contributed by atoms with Gasteiger partial charge in [-0.1, -0.05) is 0 Å². The van der Waals surface area contributed by atoms with Crippen molar-refractivity contribution in [1.29, 1.82) is 0 Å². The van der Waals surface area contributed by atoms with Crippen molar-refractivity contribution in [1.82, 2.24) is 0 Å². The highest BCUT2D eigenvalue weighted by Gasteiger charge is 2.20. The molecular formula is C12H17NO6S2. The fourth-order valence-corrected chi connectivity index (χ4v) is 3.39. The van der Waals surface area contributed by atoms with Gasteiger partial charge in [0.1, 0.15) is 0 Å². The minimum atomic E-state index is -3.65. The zero-order valence-corrected chi connectivity index (χ0v) is 13.5. The molecule has 0 bridgehead atoms. The highest BCUT2D eigenvalue weighted by molar-refractivity contribution is 7.91. The van der Waals surface area contributed by atoms with Crippen LogP contribution in [-0.2, 0) is 24.5 Å². The van der Waals surface area contributed by atoms with Crippen LogP contribution in [0.2, 0.25) is 0 Å². The van der Waals surface area contributed by atoms with Crippen LogP contribution in [0.5, 0.6) is 0 Å². The molecule has 1 aromatic carbocycles. The maximum atomic E-state index is 11.8. The summed E-state index contributed by atoms with van der Waals surface area (Å²) in [5.41, 5.74) is 0.270. The first-order valence-corrected chi connectivity index (χ1v) is 9.68. The zero-order chi connectivity index (χ0) is 16.4. The Morgan fingerprint density at radius 3 is 2.14 bits per heavy atom. The minimum absolute atomic E-state index is 0.0988. The molecule has 21 heavy (non-hydrogen) atoms. The van der Waals surface area contributed by atoms with Gasteiger partial charge in [-0.25, -0.2) is 16.8 Å². The molecule has 1 N–H and O–H groups in total. The van der Waals surface area contributed by atoms with Crippen LogP contribution in [-0.4, -0.2) is 54.0 Å². The number of hydrogen-bond donors (Lipinski definition) is 1. The molecule has 0 spiro atoms. The third-order valence-corrected chi connectivity index (χ3v) is 5.07. The normalized spacial score (nSPS) is 12.1. The van der Waals surface area contributed by atoms with Crippen LogP contribution in [0.15, 0.2) is 28.0 Å². The molecule has 0 saturated heterocycles. The average molecular weight is 335 g/mol. The minimum Gasteiger partial charge on any atom is -0.481 e.